The van der Waals surface area contributed by atoms with Crippen LogP contribution >= 0.6 is 11.3 Å². The van der Waals surface area contributed by atoms with Gasteiger partial charge >= 0.3 is 0 Å². The first kappa shape index (κ1) is 19.1. The highest BCUT2D eigenvalue weighted by molar-refractivity contribution is 7.11. The van der Waals surface area contributed by atoms with Gasteiger partial charge in [0.25, 0.3) is 0 Å². The van der Waals surface area contributed by atoms with Crippen molar-refractivity contribution in [3.63, 3.8) is 0 Å². The Morgan fingerprint density at radius 3 is 3.12 bits per heavy atom. The molecule has 1 aliphatic heterocycles. The van der Waals surface area contributed by atoms with Crippen LogP contribution in [-0.2, 0) is 15.9 Å². The van der Waals surface area contributed by atoms with Crippen LogP contribution in [0.5, 0.6) is 0 Å². The third kappa shape index (κ3) is 7.59. The summed E-state index contributed by atoms with van der Waals surface area (Å²) in [4.78, 5) is 10.2. The van der Waals surface area contributed by atoms with Crippen LogP contribution < -0.4 is 10.6 Å². The SMILES string of the molecule is CCNC(=NCCCOCC1CCOC1)NCCc1ncc(C)s1. The van der Waals surface area contributed by atoms with E-state index in [9.17, 15) is 0 Å². The van der Waals surface area contributed by atoms with Gasteiger partial charge in [0.15, 0.2) is 5.96 Å². The molecule has 0 saturated carbocycles. The maximum atomic E-state index is 5.70. The maximum absolute atomic E-state index is 5.70. The fraction of sp³-hybridized carbons (Fsp3) is 0.765. The van der Waals surface area contributed by atoms with E-state index in [1.807, 2.05) is 6.20 Å². The molecule has 6 nitrogen and oxygen atoms in total. The zero-order valence-electron chi connectivity index (χ0n) is 14.8. The van der Waals surface area contributed by atoms with Gasteiger partial charge in [0.1, 0.15) is 0 Å². The molecule has 1 saturated heterocycles. The van der Waals surface area contributed by atoms with Gasteiger partial charge in [-0.2, -0.15) is 0 Å². The monoisotopic (exact) mass is 354 g/mol. The van der Waals surface area contributed by atoms with E-state index in [0.717, 1.165) is 71.3 Å². The predicted molar refractivity (Wildman–Crippen MR) is 98.9 cm³/mol. The molecule has 0 aliphatic carbocycles. The van der Waals surface area contributed by atoms with Gasteiger partial charge in [-0.3, -0.25) is 4.99 Å². The maximum Gasteiger partial charge on any atom is 0.191 e. The van der Waals surface area contributed by atoms with Gasteiger partial charge in [0, 0.05) is 56.3 Å². The smallest absolute Gasteiger partial charge is 0.191 e. The molecule has 0 bridgehead atoms. The van der Waals surface area contributed by atoms with Gasteiger partial charge in [-0.05, 0) is 26.7 Å². The molecule has 1 aromatic heterocycles. The highest BCUT2D eigenvalue weighted by Gasteiger charge is 2.15. The number of ether oxygens (including phenoxy) is 2. The van der Waals surface area contributed by atoms with Crippen LogP contribution in [0.2, 0.25) is 0 Å². The van der Waals surface area contributed by atoms with Gasteiger partial charge in [0.2, 0.25) is 0 Å². The standard InChI is InChI=1S/C17H30N4O2S/c1-3-18-17(20-8-5-16-21-11-14(2)24-16)19-7-4-9-22-12-15-6-10-23-13-15/h11,15H,3-10,12-13H2,1-2H3,(H2,18,19,20). The molecule has 0 radical (unpaired) electrons. The van der Waals surface area contributed by atoms with Crippen LogP contribution in [0.3, 0.4) is 0 Å². The second-order valence-electron chi connectivity index (χ2n) is 5.96. The van der Waals surface area contributed by atoms with E-state index in [0.29, 0.717) is 5.92 Å². The average Bonchev–Trinajstić information content (AvgIpc) is 3.22. The van der Waals surface area contributed by atoms with Crippen molar-refractivity contribution in [2.24, 2.45) is 10.9 Å². The Hall–Kier alpha value is -1.18. The van der Waals surface area contributed by atoms with Crippen LogP contribution in [0.4, 0.5) is 0 Å². The number of nitrogens with one attached hydrogen (secondary N) is 2. The number of aryl methyl sites for hydroxylation is 1. The van der Waals surface area contributed by atoms with Crippen molar-refractivity contribution in [1.82, 2.24) is 15.6 Å². The molecular weight excluding hydrogens is 324 g/mol. The minimum atomic E-state index is 0.585. The van der Waals surface area contributed by atoms with Crippen LogP contribution in [0, 0.1) is 12.8 Å². The first-order valence-corrected chi connectivity index (χ1v) is 9.68. The largest absolute Gasteiger partial charge is 0.381 e. The van der Waals surface area contributed by atoms with Crippen molar-refractivity contribution < 1.29 is 9.47 Å². The van der Waals surface area contributed by atoms with E-state index in [4.69, 9.17) is 9.47 Å². The van der Waals surface area contributed by atoms with Crippen molar-refractivity contribution in [2.75, 3.05) is 46.1 Å². The lowest BCUT2D eigenvalue weighted by atomic mass is 10.1. The lowest BCUT2D eigenvalue weighted by Gasteiger charge is -2.11. The number of rotatable bonds is 10. The normalized spacial score (nSPS) is 18.1. The molecule has 2 heterocycles. The Morgan fingerprint density at radius 2 is 2.42 bits per heavy atom. The fourth-order valence-electron chi connectivity index (χ4n) is 2.47. The number of aromatic nitrogens is 1. The lowest BCUT2D eigenvalue weighted by Crippen LogP contribution is -2.38. The molecule has 24 heavy (non-hydrogen) atoms. The quantitative estimate of drug-likeness (QED) is 0.382. The summed E-state index contributed by atoms with van der Waals surface area (Å²) in [5, 5.41) is 7.80. The summed E-state index contributed by atoms with van der Waals surface area (Å²) < 4.78 is 11.0. The van der Waals surface area contributed by atoms with Gasteiger partial charge in [0.05, 0.1) is 18.2 Å². The number of hydrogen-bond donors (Lipinski definition) is 2. The topological polar surface area (TPSA) is 67.8 Å². The molecule has 0 spiro atoms. The summed E-state index contributed by atoms with van der Waals surface area (Å²) in [5.74, 6) is 1.46. The minimum Gasteiger partial charge on any atom is -0.381 e. The van der Waals surface area contributed by atoms with Crippen LogP contribution in [-0.4, -0.2) is 57.0 Å². The number of thiazole rings is 1. The van der Waals surface area contributed by atoms with E-state index >= 15 is 0 Å². The van der Waals surface area contributed by atoms with Crippen molar-refractivity contribution >= 4 is 17.3 Å². The molecule has 7 heteroatoms. The summed E-state index contributed by atoms with van der Waals surface area (Å²) in [6.45, 7) is 9.95. The number of aliphatic imine (C=N–C) groups is 1. The Bertz CT molecular complexity index is 487. The first-order chi connectivity index (χ1) is 11.8. The molecular formula is C17H30N4O2S. The van der Waals surface area contributed by atoms with Gasteiger partial charge in [-0.15, -0.1) is 11.3 Å². The summed E-state index contributed by atoms with van der Waals surface area (Å²) in [5.41, 5.74) is 0. The summed E-state index contributed by atoms with van der Waals surface area (Å²) >= 11 is 1.75. The molecule has 1 aromatic rings. The number of guanidine groups is 1. The summed E-state index contributed by atoms with van der Waals surface area (Å²) in [6.07, 6.45) is 4.92. The minimum absolute atomic E-state index is 0.585. The fourth-order valence-corrected chi connectivity index (χ4v) is 3.26. The van der Waals surface area contributed by atoms with Crippen LogP contribution in [0.25, 0.3) is 0 Å². The first-order valence-electron chi connectivity index (χ1n) is 8.87. The molecule has 2 N–H and O–H groups in total. The van der Waals surface area contributed by atoms with Gasteiger partial charge in [-0.25, -0.2) is 4.98 Å². The van der Waals surface area contributed by atoms with E-state index in [1.54, 1.807) is 11.3 Å². The molecule has 0 aromatic carbocycles. The van der Waals surface area contributed by atoms with E-state index in [-0.39, 0.29) is 0 Å². The van der Waals surface area contributed by atoms with E-state index in [1.165, 1.54) is 9.88 Å². The predicted octanol–water partition coefficient (Wildman–Crippen LogP) is 1.99. The average molecular weight is 355 g/mol. The highest BCUT2D eigenvalue weighted by atomic mass is 32.1. The molecule has 1 aliphatic rings. The summed E-state index contributed by atoms with van der Waals surface area (Å²) in [7, 11) is 0. The van der Waals surface area contributed by atoms with Crippen molar-refractivity contribution in [3.8, 4) is 0 Å². The zero-order chi connectivity index (χ0) is 17.0. The second-order valence-corrected chi connectivity index (χ2v) is 7.28. The second kappa shape index (κ2) is 11.4. The number of hydrogen-bond acceptors (Lipinski definition) is 5. The third-order valence-corrected chi connectivity index (χ3v) is 4.71. The number of nitrogens with zero attached hydrogens (tertiary/aromatic N) is 2. The van der Waals surface area contributed by atoms with Crippen molar-refractivity contribution in [2.45, 2.75) is 33.1 Å². The van der Waals surface area contributed by atoms with Crippen LogP contribution in [0.1, 0.15) is 29.7 Å². The highest BCUT2D eigenvalue weighted by Crippen LogP contribution is 2.12. The molecule has 0 amide bonds. The zero-order valence-corrected chi connectivity index (χ0v) is 15.7. The Kier molecular flexibility index (Phi) is 9.09. The molecule has 1 fully saturated rings. The Labute approximate surface area is 149 Å². The summed E-state index contributed by atoms with van der Waals surface area (Å²) in [6, 6.07) is 0. The third-order valence-electron chi connectivity index (χ3n) is 3.74. The Morgan fingerprint density at radius 1 is 1.50 bits per heavy atom. The van der Waals surface area contributed by atoms with Gasteiger partial charge < -0.3 is 20.1 Å². The van der Waals surface area contributed by atoms with Crippen molar-refractivity contribution in [3.05, 3.63) is 16.1 Å². The Balaban J connectivity index is 1.57. The van der Waals surface area contributed by atoms with E-state index in [2.05, 4.69) is 34.5 Å². The molecule has 136 valence electrons. The van der Waals surface area contributed by atoms with E-state index < -0.39 is 0 Å². The molecule has 1 atom stereocenters. The lowest BCUT2D eigenvalue weighted by molar-refractivity contribution is 0.0893. The van der Waals surface area contributed by atoms with Crippen LogP contribution in [0.15, 0.2) is 11.2 Å². The molecule has 1 unspecified atom stereocenters. The molecule has 2 rings (SSSR count). The van der Waals surface area contributed by atoms with Crippen molar-refractivity contribution in [1.29, 1.82) is 0 Å². The van der Waals surface area contributed by atoms with Gasteiger partial charge in [-0.1, -0.05) is 0 Å².